The predicted octanol–water partition coefficient (Wildman–Crippen LogP) is 3.90. The zero-order valence-electron chi connectivity index (χ0n) is 13.8. The highest BCUT2D eigenvalue weighted by atomic mass is 19.1. The lowest BCUT2D eigenvalue weighted by molar-refractivity contribution is 0.0141. The van der Waals surface area contributed by atoms with Gasteiger partial charge in [-0.15, -0.1) is 0 Å². The number of hydrogen-bond acceptors (Lipinski definition) is 3. The molecule has 0 aliphatic carbocycles. The molecule has 5 heteroatoms. The highest BCUT2D eigenvalue weighted by Gasteiger charge is 2.24. The summed E-state index contributed by atoms with van der Waals surface area (Å²) in [5, 5.41) is 10.3. The van der Waals surface area contributed by atoms with Crippen molar-refractivity contribution < 1.29 is 19.0 Å². The molecule has 0 bridgehead atoms. The van der Waals surface area contributed by atoms with Gasteiger partial charge in [0.2, 0.25) is 0 Å². The number of carbonyl (C=O) groups excluding carboxylic acids is 1. The second-order valence-electron chi connectivity index (χ2n) is 6.35. The van der Waals surface area contributed by atoms with Crippen LogP contribution >= 0.6 is 0 Å². The zero-order chi connectivity index (χ0) is 16.8. The van der Waals surface area contributed by atoms with Gasteiger partial charge in [-0.05, 0) is 44.9 Å². The van der Waals surface area contributed by atoms with E-state index in [-0.39, 0.29) is 12.4 Å². The van der Waals surface area contributed by atoms with Crippen LogP contribution in [-0.4, -0.2) is 34.8 Å². The summed E-state index contributed by atoms with van der Waals surface area (Å²) >= 11 is 0. The third kappa shape index (κ3) is 6.43. The molecule has 1 rings (SSSR count). The topological polar surface area (TPSA) is 49.8 Å². The molecule has 0 radical (unpaired) electrons. The first-order valence-electron chi connectivity index (χ1n) is 7.64. The van der Waals surface area contributed by atoms with E-state index in [0.29, 0.717) is 12.1 Å². The maximum absolute atomic E-state index is 12.9. The van der Waals surface area contributed by atoms with Crippen molar-refractivity contribution in [1.82, 2.24) is 4.90 Å². The molecule has 0 fully saturated rings. The van der Waals surface area contributed by atoms with E-state index < -0.39 is 17.8 Å². The molecule has 0 saturated carbocycles. The highest BCUT2D eigenvalue weighted by molar-refractivity contribution is 5.68. The van der Waals surface area contributed by atoms with Gasteiger partial charge in [0.25, 0.3) is 0 Å². The monoisotopic (exact) mass is 311 g/mol. The Labute approximate surface area is 131 Å². The molecule has 1 aromatic rings. The molecule has 0 spiro atoms. The molecule has 1 aromatic carbocycles. The Balaban J connectivity index is 2.74. The maximum atomic E-state index is 12.9. The molecule has 0 heterocycles. The van der Waals surface area contributed by atoms with Gasteiger partial charge in [-0.25, -0.2) is 9.18 Å². The van der Waals surface area contributed by atoms with Crippen molar-refractivity contribution in [3.63, 3.8) is 0 Å². The highest BCUT2D eigenvalue weighted by Crippen LogP contribution is 2.17. The van der Waals surface area contributed by atoms with E-state index in [0.717, 1.165) is 12.8 Å². The SMILES string of the molecule is CCCCN(CC(O)c1ccc(F)cc1)C(=O)OC(C)(C)C. The van der Waals surface area contributed by atoms with E-state index in [1.54, 1.807) is 20.8 Å². The van der Waals surface area contributed by atoms with Gasteiger partial charge in [-0.1, -0.05) is 25.5 Å². The van der Waals surface area contributed by atoms with Crippen molar-refractivity contribution in [2.45, 2.75) is 52.2 Å². The van der Waals surface area contributed by atoms with Gasteiger partial charge < -0.3 is 14.7 Å². The van der Waals surface area contributed by atoms with Crippen LogP contribution in [0, 0.1) is 5.82 Å². The van der Waals surface area contributed by atoms with Gasteiger partial charge in [0.15, 0.2) is 0 Å². The van der Waals surface area contributed by atoms with Gasteiger partial charge in [0.05, 0.1) is 12.6 Å². The van der Waals surface area contributed by atoms with Gasteiger partial charge >= 0.3 is 6.09 Å². The number of halogens is 1. The largest absolute Gasteiger partial charge is 0.444 e. The standard InChI is InChI=1S/C17H26FNO3/c1-5-6-11-19(16(21)22-17(2,3)4)12-15(20)13-7-9-14(18)10-8-13/h7-10,15,20H,5-6,11-12H2,1-4H3. The Hall–Kier alpha value is -1.62. The summed E-state index contributed by atoms with van der Waals surface area (Å²) in [6.07, 6.45) is 0.452. The van der Waals surface area contributed by atoms with Crippen molar-refractivity contribution in [2.24, 2.45) is 0 Å². The molecule has 0 aliphatic rings. The van der Waals surface area contributed by atoms with Crippen LogP contribution in [0.15, 0.2) is 24.3 Å². The van der Waals surface area contributed by atoms with Crippen LogP contribution in [0.5, 0.6) is 0 Å². The second kappa shape index (κ2) is 8.13. The van der Waals surface area contributed by atoms with Gasteiger partial charge in [0, 0.05) is 6.54 Å². The summed E-state index contributed by atoms with van der Waals surface area (Å²) in [7, 11) is 0. The van der Waals surface area contributed by atoms with Crippen LogP contribution in [0.3, 0.4) is 0 Å². The number of hydrogen-bond donors (Lipinski definition) is 1. The summed E-state index contributed by atoms with van der Waals surface area (Å²) in [5.74, 6) is -0.356. The zero-order valence-corrected chi connectivity index (χ0v) is 13.8. The number of aliphatic hydroxyl groups excluding tert-OH is 1. The number of rotatable bonds is 6. The third-order valence-electron chi connectivity index (χ3n) is 3.08. The molecule has 0 aliphatic heterocycles. The van der Waals surface area contributed by atoms with Gasteiger partial charge in [-0.2, -0.15) is 0 Å². The van der Waals surface area contributed by atoms with Crippen LogP contribution in [0.25, 0.3) is 0 Å². The van der Waals surface area contributed by atoms with Crippen LogP contribution in [0.1, 0.15) is 52.2 Å². The smallest absolute Gasteiger partial charge is 0.410 e. The summed E-state index contributed by atoms with van der Waals surface area (Å²) in [6, 6.07) is 5.63. The van der Waals surface area contributed by atoms with E-state index in [1.807, 2.05) is 6.92 Å². The fraction of sp³-hybridized carbons (Fsp3) is 0.588. The Kier molecular flexibility index (Phi) is 6.81. The average molecular weight is 311 g/mol. The van der Waals surface area contributed by atoms with Crippen LogP contribution in [-0.2, 0) is 4.74 Å². The number of benzene rings is 1. The fourth-order valence-electron chi connectivity index (χ4n) is 1.93. The third-order valence-corrected chi connectivity index (χ3v) is 3.08. The number of nitrogens with zero attached hydrogens (tertiary/aromatic N) is 1. The van der Waals surface area contributed by atoms with Crippen LogP contribution in [0.2, 0.25) is 0 Å². The van der Waals surface area contributed by atoms with E-state index in [1.165, 1.54) is 29.2 Å². The van der Waals surface area contributed by atoms with E-state index in [9.17, 15) is 14.3 Å². The summed E-state index contributed by atoms with van der Waals surface area (Å²) in [6.45, 7) is 8.09. The second-order valence-corrected chi connectivity index (χ2v) is 6.35. The molecule has 1 atom stereocenters. The predicted molar refractivity (Wildman–Crippen MR) is 84.1 cm³/mol. The number of ether oxygens (including phenoxy) is 1. The number of amides is 1. The fourth-order valence-corrected chi connectivity index (χ4v) is 1.93. The minimum absolute atomic E-state index is 0.126. The van der Waals surface area contributed by atoms with Crippen molar-refractivity contribution in [2.75, 3.05) is 13.1 Å². The number of unbranched alkanes of at least 4 members (excludes halogenated alkanes) is 1. The molecule has 4 nitrogen and oxygen atoms in total. The van der Waals surface area contributed by atoms with Crippen molar-refractivity contribution in [1.29, 1.82) is 0 Å². The summed E-state index contributed by atoms with van der Waals surface area (Å²) in [4.78, 5) is 13.7. The Bertz CT molecular complexity index is 468. The van der Waals surface area contributed by atoms with Crippen LogP contribution in [0.4, 0.5) is 9.18 Å². The van der Waals surface area contributed by atoms with E-state index >= 15 is 0 Å². The Morgan fingerprint density at radius 3 is 2.41 bits per heavy atom. The molecular weight excluding hydrogens is 285 g/mol. The first-order chi connectivity index (χ1) is 10.2. The summed E-state index contributed by atoms with van der Waals surface area (Å²) < 4.78 is 18.3. The van der Waals surface area contributed by atoms with Gasteiger partial charge in [-0.3, -0.25) is 0 Å². The number of aliphatic hydroxyl groups is 1. The van der Waals surface area contributed by atoms with Gasteiger partial charge in [0.1, 0.15) is 11.4 Å². The lowest BCUT2D eigenvalue weighted by atomic mass is 10.1. The summed E-state index contributed by atoms with van der Waals surface area (Å²) in [5.41, 5.74) is -0.00555. The molecule has 1 unspecified atom stereocenters. The average Bonchev–Trinajstić information content (AvgIpc) is 2.42. The molecule has 1 N–H and O–H groups in total. The lowest BCUT2D eigenvalue weighted by Crippen LogP contribution is -2.39. The van der Waals surface area contributed by atoms with Crippen molar-refractivity contribution in [3.05, 3.63) is 35.6 Å². The van der Waals surface area contributed by atoms with E-state index in [4.69, 9.17) is 4.74 Å². The molecule has 0 aromatic heterocycles. The normalized spacial score (nSPS) is 12.8. The quantitative estimate of drug-likeness (QED) is 0.867. The van der Waals surface area contributed by atoms with Crippen LogP contribution < -0.4 is 0 Å². The molecule has 124 valence electrons. The minimum Gasteiger partial charge on any atom is -0.444 e. The Morgan fingerprint density at radius 1 is 1.32 bits per heavy atom. The first kappa shape index (κ1) is 18.4. The Morgan fingerprint density at radius 2 is 1.91 bits per heavy atom. The van der Waals surface area contributed by atoms with Crippen molar-refractivity contribution >= 4 is 6.09 Å². The lowest BCUT2D eigenvalue weighted by Gasteiger charge is -2.29. The molecule has 22 heavy (non-hydrogen) atoms. The number of carbonyl (C=O) groups is 1. The van der Waals surface area contributed by atoms with E-state index in [2.05, 4.69) is 0 Å². The van der Waals surface area contributed by atoms with Crippen molar-refractivity contribution in [3.8, 4) is 0 Å². The molecular formula is C17H26FNO3. The minimum atomic E-state index is -0.870. The molecule has 1 amide bonds. The molecule has 0 saturated heterocycles. The first-order valence-corrected chi connectivity index (χ1v) is 7.64. The maximum Gasteiger partial charge on any atom is 0.410 e.